The van der Waals surface area contributed by atoms with Gasteiger partial charge in [-0.15, -0.1) is 5.10 Å². The Morgan fingerprint density at radius 3 is 3.04 bits per heavy atom. The molecule has 3 aliphatic rings. The summed E-state index contributed by atoms with van der Waals surface area (Å²) in [6.07, 6.45) is 10.9. The highest BCUT2D eigenvalue weighted by Crippen LogP contribution is 2.63. The molecule has 2 aliphatic carbocycles. The van der Waals surface area contributed by atoms with Gasteiger partial charge in [0.1, 0.15) is 5.82 Å². The summed E-state index contributed by atoms with van der Waals surface area (Å²) in [5.41, 5.74) is 1.25. The molecular weight excluding hydrogens is 302 g/mol. The maximum Gasteiger partial charge on any atom is 0.226 e. The average Bonchev–Trinajstić information content (AvgIpc) is 3.04. The molecule has 2 aromatic rings. The van der Waals surface area contributed by atoms with Crippen molar-refractivity contribution in [2.24, 2.45) is 11.3 Å². The Morgan fingerprint density at radius 2 is 2.17 bits per heavy atom. The van der Waals surface area contributed by atoms with Crippen molar-refractivity contribution in [2.75, 3.05) is 18.4 Å². The monoisotopic (exact) mass is 325 g/mol. The first kappa shape index (κ1) is 14.3. The van der Waals surface area contributed by atoms with E-state index in [1.54, 1.807) is 10.7 Å². The second kappa shape index (κ2) is 5.19. The molecule has 6 heteroatoms. The van der Waals surface area contributed by atoms with Crippen LogP contribution in [0.15, 0.2) is 24.5 Å². The molecule has 1 saturated heterocycles. The standard InChI is InChI=1S/C18H23N5O/c24-17(14-11-18(14)6-1-2-7-18)22-9-5-13(12-22)20-15-3-4-16-19-8-10-23(16)21-15/h3-4,8,10,13-14H,1-2,5-7,9,11-12H2,(H,20,21). The molecule has 0 aromatic carbocycles. The number of rotatable bonds is 3. The van der Waals surface area contributed by atoms with Crippen LogP contribution in [0.2, 0.25) is 0 Å². The summed E-state index contributed by atoms with van der Waals surface area (Å²) in [7, 11) is 0. The summed E-state index contributed by atoms with van der Waals surface area (Å²) in [6.45, 7) is 1.67. The lowest BCUT2D eigenvalue weighted by atomic mass is 10.0. The van der Waals surface area contributed by atoms with Gasteiger partial charge in [0.15, 0.2) is 5.65 Å². The van der Waals surface area contributed by atoms with Gasteiger partial charge in [-0.1, -0.05) is 12.8 Å². The average molecular weight is 325 g/mol. The Hall–Kier alpha value is -2.11. The molecule has 1 spiro atoms. The number of carbonyl (C=O) groups excluding carboxylic acids is 1. The van der Waals surface area contributed by atoms with Crippen LogP contribution in [-0.2, 0) is 4.79 Å². The molecule has 0 bridgehead atoms. The summed E-state index contributed by atoms with van der Waals surface area (Å²) in [6, 6.07) is 4.21. The van der Waals surface area contributed by atoms with Crippen molar-refractivity contribution in [1.82, 2.24) is 19.5 Å². The van der Waals surface area contributed by atoms with Crippen molar-refractivity contribution >= 4 is 17.4 Å². The van der Waals surface area contributed by atoms with Crippen LogP contribution in [0, 0.1) is 11.3 Å². The zero-order valence-electron chi connectivity index (χ0n) is 13.8. The van der Waals surface area contributed by atoms with Crippen molar-refractivity contribution in [3.8, 4) is 0 Å². The minimum absolute atomic E-state index is 0.292. The van der Waals surface area contributed by atoms with E-state index in [-0.39, 0.29) is 0 Å². The number of amides is 1. The third kappa shape index (κ3) is 2.27. The van der Waals surface area contributed by atoms with Crippen molar-refractivity contribution in [3.05, 3.63) is 24.5 Å². The molecule has 1 amide bonds. The highest BCUT2D eigenvalue weighted by Gasteiger charge is 2.59. The van der Waals surface area contributed by atoms with Crippen LogP contribution in [0.1, 0.15) is 38.5 Å². The fourth-order valence-corrected chi connectivity index (χ4v) is 4.73. The minimum Gasteiger partial charge on any atom is -0.364 e. The van der Waals surface area contributed by atoms with Gasteiger partial charge in [0.25, 0.3) is 0 Å². The number of fused-ring (bicyclic) bond motifs is 1. The van der Waals surface area contributed by atoms with Crippen molar-refractivity contribution in [2.45, 2.75) is 44.6 Å². The third-order valence-corrected chi connectivity index (χ3v) is 6.19. The summed E-state index contributed by atoms with van der Waals surface area (Å²) in [4.78, 5) is 19.1. The Morgan fingerprint density at radius 1 is 1.29 bits per heavy atom. The summed E-state index contributed by atoms with van der Waals surface area (Å²) < 4.78 is 1.77. The highest BCUT2D eigenvalue weighted by molar-refractivity contribution is 5.83. The zero-order valence-corrected chi connectivity index (χ0v) is 13.8. The molecule has 6 nitrogen and oxygen atoms in total. The van der Waals surface area contributed by atoms with E-state index < -0.39 is 0 Å². The van der Waals surface area contributed by atoms with E-state index in [0.29, 0.717) is 23.3 Å². The topological polar surface area (TPSA) is 62.5 Å². The second-order valence-corrected chi connectivity index (χ2v) is 7.69. The Kier molecular flexibility index (Phi) is 3.08. The van der Waals surface area contributed by atoms with Gasteiger partial charge in [0.05, 0.1) is 0 Å². The van der Waals surface area contributed by atoms with E-state index in [2.05, 4.69) is 20.3 Å². The maximum atomic E-state index is 12.8. The fourth-order valence-electron chi connectivity index (χ4n) is 4.73. The van der Waals surface area contributed by atoms with Gasteiger partial charge in [-0.05, 0) is 43.2 Å². The SMILES string of the molecule is O=C(C1CC12CCCC2)N1CCC(Nc2ccc3nccn3n2)C1. The molecule has 5 rings (SSSR count). The smallest absolute Gasteiger partial charge is 0.226 e. The van der Waals surface area contributed by atoms with Gasteiger partial charge >= 0.3 is 0 Å². The molecule has 1 N–H and O–H groups in total. The van der Waals surface area contributed by atoms with Crippen molar-refractivity contribution in [1.29, 1.82) is 0 Å². The number of carbonyl (C=O) groups is 1. The van der Waals surface area contributed by atoms with Crippen LogP contribution >= 0.6 is 0 Å². The number of hydrogen-bond acceptors (Lipinski definition) is 4. The molecule has 2 aromatic heterocycles. The van der Waals surface area contributed by atoms with Crippen molar-refractivity contribution in [3.63, 3.8) is 0 Å². The normalized spacial score (nSPS) is 27.9. The molecule has 0 radical (unpaired) electrons. The van der Waals surface area contributed by atoms with Gasteiger partial charge in [-0.3, -0.25) is 4.79 Å². The second-order valence-electron chi connectivity index (χ2n) is 7.69. The largest absolute Gasteiger partial charge is 0.364 e. The molecular formula is C18H23N5O. The molecule has 3 fully saturated rings. The number of imidazole rings is 1. The number of hydrogen-bond donors (Lipinski definition) is 1. The molecule has 24 heavy (non-hydrogen) atoms. The summed E-state index contributed by atoms with van der Waals surface area (Å²) >= 11 is 0. The van der Waals surface area contributed by atoms with Crippen LogP contribution in [0.4, 0.5) is 5.82 Å². The minimum atomic E-state index is 0.292. The van der Waals surface area contributed by atoms with E-state index in [1.807, 2.05) is 18.3 Å². The quantitative estimate of drug-likeness (QED) is 0.941. The lowest BCUT2D eigenvalue weighted by molar-refractivity contribution is -0.132. The summed E-state index contributed by atoms with van der Waals surface area (Å²) in [5.74, 6) is 1.57. The number of anilines is 1. The molecule has 2 unspecified atom stereocenters. The molecule has 3 heterocycles. The predicted molar refractivity (Wildman–Crippen MR) is 90.6 cm³/mol. The van der Waals surface area contributed by atoms with E-state index in [9.17, 15) is 4.79 Å². The van der Waals surface area contributed by atoms with E-state index in [1.165, 1.54) is 25.7 Å². The van der Waals surface area contributed by atoms with Gasteiger partial charge in [0, 0.05) is 37.4 Å². The van der Waals surface area contributed by atoms with Crippen LogP contribution in [-0.4, -0.2) is 44.5 Å². The van der Waals surface area contributed by atoms with E-state index >= 15 is 0 Å². The van der Waals surface area contributed by atoms with Crippen LogP contribution in [0.25, 0.3) is 5.65 Å². The maximum absolute atomic E-state index is 12.8. The van der Waals surface area contributed by atoms with Gasteiger partial charge < -0.3 is 10.2 Å². The lowest BCUT2D eigenvalue weighted by Gasteiger charge is -2.19. The number of nitrogens with one attached hydrogen (secondary N) is 1. The predicted octanol–water partition coefficient (Wildman–Crippen LogP) is 2.32. The zero-order chi connectivity index (χ0) is 16.1. The number of aromatic nitrogens is 3. The van der Waals surface area contributed by atoms with E-state index in [0.717, 1.165) is 37.4 Å². The molecule has 2 saturated carbocycles. The van der Waals surface area contributed by atoms with E-state index in [4.69, 9.17) is 0 Å². The highest BCUT2D eigenvalue weighted by atomic mass is 16.2. The third-order valence-electron chi connectivity index (χ3n) is 6.19. The first-order chi connectivity index (χ1) is 11.7. The van der Waals surface area contributed by atoms with Crippen molar-refractivity contribution < 1.29 is 4.79 Å². The van der Waals surface area contributed by atoms with Gasteiger partial charge in [-0.25, -0.2) is 9.50 Å². The Labute approximate surface area is 141 Å². The van der Waals surface area contributed by atoms with Gasteiger partial charge in [0.2, 0.25) is 5.91 Å². The van der Waals surface area contributed by atoms with Crippen LogP contribution in [0.3, 0.4) is 0 Å². The van der Waals surface area contributed by atoms with Crippen LogP contribution in [0.5, 0.6) is 0 Å². The number of likely N-dealkylation sites (tertiary alicyclic amines) is 1. The Bertz CT molecular complexity index is 779. The Balaban J connectivity index is 1.22. The van der Waals surface area contributed by atoms with Gasteiger partial charge in [-0.2, -0.15) is 0 Å². The first-order valence-corrected chi connectivity index (χ1v) is 9.09. The fraction of sp³-hybridized carbons (Fsp3) is 0.611. The molecule has 1 aliphatic heterocycles. The number of nitrogens with zero attached hydrogens (tertiary/aromatic N) is 4. The van der Waals surface area contributed by atoms with Crippen LogP contribution < -0.4 is 5.32 Å². The lowest BCUT2D eigenvalue weighted by Crippen LogP contribution is -2.33. The first-order valence-electron chi connectivity index (χ1n) is 9.09. The molecule has 126 valence electrons. The molecule has 2 atom stereocenters. The summed E-state index contributed by atoms with van der Waals surface area (Å²) in [5, 5.41) is 7.99.